The summed E-state index contributed by atoms with van der Waals surface area (Å²) in [6, 6.07) is 27.2. The van der Waals surface area contributed by atoms with Crippen molar-refractivity contribution in [2.24, 2.45) is 0 Å². The minimum absolute atomic E-state index is 0.0966. The summed E-state index contributed by atoms with van der Waals surface area (Å²) in [5, 5.41) is 0. The van der Waals surface area contributed by atoms with E-state index in [0.29, 0.717) is 18.9 Å². The molecule has 0 bridgehead atoms. The summed E-state index contributed by atoms with van der Waals surface area (Å²) in [5.74, 6) is 0.568. The fourth-order valence-corrected chi connectivity index (χ4v) is 3.19. The number of anilines is 1. The van der Waals surface area contributed by atoms with Crippen molar-refractivity contribution in [2.75, 3.05) is 10.8 Å². The Labute approximate surface area is 156 Å². The maximum Gasteiger partial charge on any atom is 0.143 e. The number of hydrogen-bond acceptors (Lipinski definition) is 4. The number of rotatable bonds is 8. The summed E-state index contributed by atoms with van der Waals surface area (Å²) in [6.45, 7) is 0.915. The molecule has 134 valence electrons. The third-order valence-corrected chi connectivity index (χ3v) is 4.44. The lowest BCUT2D eigenvalue weighted by molar-refractivity contribution is 0.306. The van der Waals surface area contributed by atoms with E-state index in [1.165, 1.54) is 0 Å². The van der Waals surface area contributed by atoms with Gasteiger partial charge in [0.25, 0.3) is 0 Å². The van der Waals surface area contributed by atoms with Gasteiger partial charge in [-0.1, -0.05) is 72.8 Å². The van der Waals surface area contributed by atoms with Crippen LogP contribution in [0, 0.1) is 0 Å². The molecule has 0 N–H and O–H groups in total. The molecule has 4 nitrogen and oxygen atoms in total. The standard InChI is InChI=1S/C21H21NO3S/c23-26(24)17-22(15-18-9-3-1-4-10-18)20-13-7-8-14-21(20)25-16-19-11-5-2-6-12-19/h1-14H,15-17H2,(H,23,24)/p-1. The lowest BCUT2D eigenvalue weighted by Gasteiger charge is -2.28. The predicted molar refractivity (Wildman–Crippen MR) is 104 cm³/mol. The molecule has 0 spiro atoms. The van der Waals surface area contributed by atoms with E-state index in [2.05, 4.69) is 0 Å². The highest BCUT2D eigenvalue weighted by atomic mass is 32.2. The lowest BCUT2D eigenvalue weighted by Crippen LogP contribution is -2.27. The van der Waals surface area contributed by atoms with Crippen LogP contribution in [0.15, 0.2) is 84.9 Å². The Hall–Kier alpha value is -2.63. The lowest BCUT2D eigenvalue weighted by atomic mass is 10.2. The number of nitrogens with zero attached hydrogens (tertiary/aromatic N) is 1. The molecule has 0 saturated heterocycles. The molecule has 3 rings (SSSR count). The Morgan fingerprint density at radius 3 is 2.04 bits per heavy atom. The fourth-order valence-electron chi connectivity index (χ4n) is 2.71. The van der Waals surface area contributed by atoms with E-state index in [1.807, 2.05) is 84.9 Å². The van der Waals surface area contributed by atoms with Gasteiger partial charge in [-0.15, -0.1) is 0 Å². The molecule has 1 atom stereocenters. The van der Waals surface area contributed by atoms with Crippen LogP contribution < -0.4 is 9.64 Å². The molecule has 0 aliphatic heterocycles. The first-order valence-corrected chi connectivity index (χ1v) is 9.57. The molecule has 26 heavy (non-hydrogen) atoms. The predicted octanol–water partition coefficient (Wildman–Crippen LogP) is 4.11. The van der Waals surface area contributed by atoms with E-state index < -0.39 is 11.1 Å². The van der Waals surface area contributed by atoms with Crippen LogP contribution in [0.2, 0.25) is 0 Å². The summed E-state index contributed by atoms with van der Waals surface area (Å²) >= 11 is -2.20. The molecule has 0 fully saturated rings. The zero-order valence-electron chi connectivity index (χ0n) is 14.3. The zero-order chi connectivity index (χ0) is 18.2. The Bertz CT molecular complexity index is 840. The highest BCUT2D eigenvalue weighted by Gasteiger charge is 2.13. The van der Waals surface area contributed by atoms with Gasteiger partial charge >= 0.3 is 0 Å². The molecule has 3 aromatic rings. The number of ether oxygens (including phenoxy) is 1. The molecular formula is C21H20NO3S-. The van der Waals surface area contributed by atoms with Gasteiger partial charge in [0.2, 0.25) is 0 Å². The van der Waals surface area contributed by atoms with Crippen molar-refractivity contribution >= 4 is 16.8 Å². The third-order valence-electron chi connectivity index (χ3n) is 3.92. The molecule has 0 heterocycles. The van der Waals surface area contributed by atoms with Gasteiger partial charge < -0.3 is 14.2 Å². The summed E-state index contributed by atoms with van der Waals surface area (Å²) < 4.78 is 28.7. The average Bonchev–Trinajstić information content (AvgIpc) is 2.67. The first-order chi connectivity index (χ1) is 12.7. The van der Waals surface area contributed by atoms with E-state index in [-0.39, 0.29) is 5.88 Å². The normalized spacial score (nSPS) is 11.7. The van der Waals surface area contributed by atoms with Gasteiger partial charge in [-0.25, -0.2) is 0 Å². The first-order valence-electron chi connectivity index (χ1n) is 8.33. The van der Waals surface area contributed by atoms with Crippen molar-refractivity contribution in [1.82, 2.24) is 0 Å². The Kier molecular flexibility index (Phi) is 6.41. The second-order valence-electron chi connectivity index (χ2n) is 5.86. The van der Waals surface area contributed by atoms with Crippen molar-refractivity contribution in [3.63, 3.8) is 0 Å². The fraction of sp³-hybridized carbons (Fsp3) is 0.143. The van der Waals surface area contributed by atoms with Crippen molar-refractivity contribution in [3.05, 3.63) is 96.1 Å². The van der Waals surface area contributed by atoms with E-state index in [9.17, 15) is 8.76 Å². The molecule has 0 saturated carbocycles. The highest BCUT2D eigenvalue weighted by molar-refractivity contribution is 7.79. The second-order valence-corrected chi connectivity index (χ2v) is 6.72. The molecule has 5 heteroatoms. The van der Waals surface area contributed by atoms with Gasteiger partial charge in [0, 0.05) is 6.54 Å². The van der Waals surface area contributed by atoms with Crippen LogP contribution in [0.4, 0.5) is 5.69 Å². The summed E-state index contributed by atoms with van der Waals surface area (Å²) in [7, 11) is 0. The molecule has 3 aromatic carbocycles. The molecule has 0 amide bonds. The highest BCUT2D eigenvalue weighted by Crippen LogP contribution is 2.30. The van der Waals surface area contributed by atoms with Gasteiger partial charge in [-0.3, -0.25) is 4.21 Å². The second kappa shape index (κ2) is 9.17. The van der Waals surface area contributed by atoms with E-state index in [1.54, 1.807) is 4.90 Å². The van der Waals surface area contributed by atoms with E-state index in [4.69, 9.17) is 4.74 Å². The molecule has 1 unspecified atom stereocenters. The van der Waals surface area contributed by atoms with Gasteiger partial charge in [0.05, 0.1) is 11.6 Å². The summed E-state index contributed by atoms with van der Waals surface area (Å²) in [5.41, 5.74) is 2.86. The smallest absolute Gasteiger partial charge is 0.143 e. The minimum Gasteiger partial charge on any atom is -0.771 e. The zero-order valence-corrected chi connectivity index (χ0v) is 15.1. The average molecular weight is 366 g/mol. The van der Waals surface area contributed by atoms with Crippen molar-refractivity contribution in [2.45, 2.75) is 13.2 Å². The third kappa shape index (κ3) is 5.18. The van der Waals surface area contributed by atoms with Crippen LogP contribution in [0.3, 0.4) is 0 Å². The summed E-state index contributed by atoms with van der Waals surface area (Å²) in [6.07, 6.45) is 0. The number of para-hydroxylation sites is 2. The van der Waals surface area contributed by atoms with Crippen LogP contribution in [-0.4, -0.2) is 14.6 Å². The maximum absolute atomic E-state index is 11.4. The Balaban J connectivity index is 1.82. The Morgan fingerprint density at radius 1 is 0.808 bits per heavy atom. The van der Waals surface area contributed by atoms with Crippen LogP contribution in [0.1, 0.15) is 11.1 Å². The molecule has 0 aliphatic rings. The Morgan fingerprint density at radius 2 is 1.38 bits per heavy atom. The van der Waals surface area contributed by atoms with Crippen molar-refractivity contribution in [3.8, 4) is 5.75 Å². The quantitative estimate of drug-likeness (QED) is 0.563. The SMILES string of the molecule is O=S([O-])CN(Cc1ccccc1)c1ccccc1OCc1ccccc1. The van der Waals surface area contributed by atoms with Gasteiger partial charge in [0.1, 0.15) is 12.4 Å². The number of hydrogen-bond donors (Lipinski definition) is 0. The van der Waals surface area contributed by atoms with Crippen LogP contribution in [0.25, 0.3) is 0 Å². The monoisotopic (exact) mass is 366 g/mol. The van der Waals surface area contributed by atoms with E-state index >= 15 is 0 Å². The van der Waals surface area contributed by atoms with Crippen LogP contribution >= 0.6 is 0 Å². The van der Waals surface area contributed by atoms with Gasteiger partial charge in [-0.05, 0) is 34.3 Å². The van der Waals surface area contributed by atoms with Crippen LogP contribution in [0.5, 0.6) is 5.75 Å². The molecule has 0 aromatic heterocycles. The molecule has 0 radical (unpaired) electrons. The topological polar surface area (TPSA) is 52.6 Å². The van der Waals surface area contributed by atoms with Crippen LogP contribution in [-0.2, 0) is 24.2 Å². The minimum atomic E-state index is -2.20. The molecule has 0 aliphatic carbocycles. The molecular weight excluding hydrogens is 346 g/mol. The van der Waals surface area contributed by atoms with Crippen molar-refractivity contribution < 1.29 is 13.5 Å². The van der Waals surface area contributed by atoms with Gasteiger partial charge in [-0.2, -0.15) is 0 Å². The van der Waals surface area contributed by atoms with Gasteiger partial charge in [0.15, 0.2) is 0 Å². The first kappa shape index (κ1) is 18.2. The maximum atomic E-state index is 11.4. The number of benzene rings is 3. The summed E-state index contributed by atoms with van der Waals surface area (Å²) in [4.78, 5) is 1.80. The van der Waals surface area contributed by atoms with Crippen molar-refractivity contribution in [1.29, 1.82) is 0 Å². The van der Waals surface area contributed by atoms with E-state index in [0.717, 1.165) is 16.8 Å². The largest absolute Gasteiger partial charge is 0.771 e.